The van der Waals surface area contributed by atoms with Gasteiger partial charge in [-0.15, -0.1) is 11.6 Å². The fraction of sp³-hybridized carbons (Fsp3) is 0.438. The van der Waals surface area contributed by atoms with Crippen LogP contribution in [0.4, 0.5) is 0 Å². The van der Waals surface area contributed by atoms with Crippen LogP contribution in [0.15, 0.2) is 30.5 Å². The number of aromatic nitrogens is 1. The van der Waals surface area contributed by atoms with E-state index in [9.17, 15) is 4.79 Å². The lowest BCUT2D eigenvalue weighted by Gasteiger charge is -2.13. The van der Waals surface area contributed by atoms with Crippen molar-refractivity contribution in [2.45, 2.75) is 42.8 Å². The molecule has 1 heterocycles. The topological polar surface area (TPSA) is 42.1 Å². The third-order valence-corrected chi connectivity index (χ3v) is 5.43. The van der Waals surface area contributed by atoms with Crippen LogP contribution in [0.1, 0.15) is 32.6 Å². The summed E-state index contributed by atoms with van der Waals surface area (Å²) in [5.41, 5.74) is 0.966. The molecule has 2 rings (SSSR count). The third-order valence-electron chi connectivity index (χ3n) is 3.42. The van der Waals surface area contributed by atoms with Gasteiger partial charge in [0.15, 0.2) is 5.75 Å². The first-order valence-corrected chi connectivity index (χ1v) is 8.52. The Morgan fingerprint density at radius 1 is 1.43 bits per heavy atom. The number of para-hydroxylation sites is 1. The summed E-state index contributed by atoms with van der Waals surface area (Å²) in [4.78, 5) is 15.2. The smallest absolute Gasteiger partial charge is 0.311 e. The minimum atomic E-state index is -0.206. The molecule has 2 unspecified atom stereocenters. The molecular weight excluding hydrogens is 354 g/mol. The molecule has 0 bridgehead atoms. The maximum atomic E-state index is 11.9. The summed E-state index contributed by atoms with van der Waals surface area (Å²) in [7, 11) is 0. The van der Waals surface area contributed by atoms with Gasteiger partial charge in [0.1, 0.15) is 0 Å². The van der Waals surface area contributed by atoms with Gasteiger partial charge in [-0.25, -0.2) is 0 Å². The van der Waals surface area contributed by atoms with Crippen molar-refractivity contribution in [2.75, 3.05) is 0 Å². The molecule has 0 saturated carbocycles. The zero-order chi connectivity index (χ0) is 15.2. The van der Waals surface area contributed by atoms with Gasteiger partial charge in [0, 0.05) is 33.7 Å². The van der Waals surface area contributed by atoms with E-state index < -0.39 is 0 Å². The zero-order valence-corrected chi connectivity index (χ0v) is 14.3. The number of halogens is 2. The van der Waals surface area contributed by atoms with Crippen molar-refractivity contribution in [2.24, 2.45) is 0 Å². The average Bonchev–Trinajstić information content (AvgIpc) is 2.89. The van der Waals surface area contributed by atoms with E-state index in [4.69, 9.17) is 16.3 Å². The van der Waals surface area contributed by atoms with Crippen molar-refractivity contribution in [3.8, 4) is 5.75 Å². The Kier molecular flexibility index (Phi) is 6.12. The molecule has 21 heavy (non-hydrogen) atoms. The van der Waals surface area contributed by atoms with E-state index in [1.807, 2.05) is 24.3 Å². The fourth-order valence-corrected chi connectivity index (χ4v) is 3.00. The third kappa shape index (κ3) is 4.48. The molecule has 114 valence electrons. The van der Waals surface area contributed by atoms with Crippen LogP contribution in [0.25, 0.3) is 10.9 Å². The highest BCUT2D eigenvalue weighted by Crippen LogP contribution is 2.26. The van der Waals surface area contributed by atoms with Crippen molar-refractivity contribution in [3.63, 3.8) is 0 Å². The molecule has 1 aromatic carbocycles. The Morgan fingerprint density at radius 3 is 2.95 bits per heavy atom. The molecule has 0 aliphatic rings. The van der Waals surface area contributed by atoms with Gasteiger partial charge < -0.3 is 9.72 Å². The molecule has 0 aliphatic heterocycles. The van der Waals surface area contributed by atoms with Gasteiger partial charge in [-0.05, 0) is 31.4 Å². The van der Waals surface area contributed by atoms with Crippen LogP contribution < -0.4 is 4.74 Å². The Balaban J connectivity index is 1.82. The highest BCUT2D eigenvalue weighted by Gasteiger charge is 2.15. The predicted molar refractivity (Wildman–Crippen MR) is 90.4 cm³/mol. The molecule has 1 N–H and O–H groups in total. The first-order chi connectivity index (χ1) is 10.1. The average molecular weight is 373 g/mol. The summed E-state index contributed by atoms with van der Waals surface area (Å²) in [6, 6.07) is 7.75. The number of benzene rings is 1. The molecule has 0 saturated heterocycles. The summed E-state index contributed by atoms with van der Waals surface area (Å²) in [6.45, 7) is 2.05. The molecule has 2 atom stereocenters. The van der Waals surface area contributed by atoms with Crippen LogP contribution in [0.2, 0.25) is 0 Å². The van der Waals surface area contributed by atoms with Crippen LogP contribution in [0, 0.1) is 0 Å². The van der Waals surface area contributed by atoms with Gasteiger partial charge in [-0.2, -0.15) is 0 Å². The van der Waals surface area contributed by atoms with Crippen molar-refractivity contribution in [1.29, 1.82) is 0 Å². The predicted octanol–water partition coefficient (Wildman–Crippen LogP) is 5.02. The first kappa shape index (κ1) is 16.4. The zero-order valence-electron chi connectivity index (χ0n) is 11.9. The number of hydrogen-bond donors (Lipinski definition) is 1. The number of carbonyl (C=O) groups is 1. The van der Waals surface area contributed by atoms with Gasteiger partial charge in [0.05, 0.1) is 0 Å². The number of aromatic amines is 1. The second-order valence-corrected chi connectivity index (χ2v) is 6.74. The molecule has 0 radical (unpaired) electrons. The van der Waals surface area contributed by atoms with Crippen molar-refractivity contribution >= 4 is 44.4 Å². The summed E-state index contributed by atoms with van der Waals surface area (Å²) >= 11 is 9.70. The monoisotopic (exact) mass is 371 g/mol. The lowest BCUT2D eigenvalue weighted by Crippen LogP contribution is -2.14. The number of hydrogen-bond acceptors (Lipinski definition) is 2. The molecule has 0 amide bonds. The molecule has 1 aromatic heterocycles. The van der Waals surface area contributed by atoms with E-state index >= 15 is 0 Å². The van der Waals surface area contributed by atoms with Gasteiger partial charge in [-0.1, -0.05) is 35.0 Å². The van der Waals surface area contributed by atoms with Crippen LogP contribution in [-0.2, 0) is 4.79 Å². The number of ether oxygens (including phenoxy) is 1. The SMILES string of the molecule is CCC(Cl)C(Br)CCCC(=O)Oc1c[nH]c2ccccc12. The summed E-state index contributed by atoms with van der Waals surface area (Å²) in [5, 5.41) is 1.03. The fourth-order valence-electron chi connectivity index (χ4n) is 2.18. The van der Waals surface area contributed by atoms with Crippen LogP contribution in [-0.4, -0.2) is 21.2 Å². The molecule has 2 aromatic rings. The Morgan fingerprint density at radius 2 is 2.19 bits per heavy atom. The number of H-pyrrole nitrogens is 1. The highest BCUT2D eigenvalue weighted by atomic mass is 79.9. The van der Waals surface area contributed by atoms with Gasteiger partial charge in [-0.3, -0.25) is 4.79 Å². The Labute approximate surface area is 138 Å². The molecular formula is C16H19BrClNO2. The molecule has 0 fully saturated rings. The minimum Gasteiger partial charge on any atom is -0.424 e. The van der Waals surface area contributed by atoms with Crippen LogP contribution >= 0.6 is 27.5 Å². The number of nitrogens with one attached hydrogen (secondary N) is 1. The second kappa shape index (κ2) is 7.85. The second-order valence-electron chi connectivity index (χ2n) is 5.01. The highest BCUT2D eigenvalue weighted by molar-refractivity contribution is 9.09. The molecule has 0 aliphatic carbocycles. The molecule has 0 spiro atoms. The summed E-state index contributed by atoms with van der Waals surface area (Å²) in [6.07, 6.45) is 4.67. The Bertz CT molecular complexity index is 599. The molecule has 3 nitrogen and oxygen atoms in total. The van der Waals surface area contributed by atoms with Gasteiger partial charge in [0.2, 0.25) is 0 Å². The number of carbonyl (C=O) groups excluding carboxylic acids is 1. The van der Waals surface area contributed by atoms with Crippen molar-refractivity contribution in [3.05, 3.63) is 30.5 Å². The number of rotatable bonds is 7. The summed E-state index contributed by atoms with van der Waals surface area (Å²) in [5.74, 6) is 0.386. The lowest BCUT2D eigenvalue weighted by molar-refractivity contribution is -0.134. The normalized spacial score (nSPS) is 14.0. The van der Waals surface area contributed by atoms with E-state index in [1.54, 1.807) is 6.20 Å². The quantitative estimate of drug-likeness (QED) is 0.547. The number of alkyl halides is 2. The van der Waals surface area contributed by atoms with E-state index in [2.05, 4.69) is 27.8 Å². The maximum Gasteiger partial charge on any atom is 0.311 e. The van der Waals surface area contributed by atoms with Crippen LogP contribution in [0.3, 0.4) is 0 Å². The van der Waals surface area contributed by atoms with Gasteiger partial charge in [0.25, 0.3) is 0 Å². The van der Waals surface area contributed by atoms with Gasteiger partial charge >= 0.3 is 5.97 Å². The standard InChI is InChI=1S/C16H19BrClNO2/c1-2-13(18)12(17)7-5-9-16(20)21-15-10-19-14-8-4-3-6-11(14)15/h3-4,6,8,10,12-13,19H,2,5,7,9H2,1H3. The first-order valence-electron chi connectivity index (χ1n) is 7.16. The van der Waals surface area contributed by atoms with E-state index in [0.29, 0.717) is 12.2 Å². The lowest BCUT2D eigenvalue weighted by atomic mass is 10.1. The molecule has 5 heteroatoms. The van der Waals surface area contributed by atoms with Crippen molar-refractivity contribution in [1.82, 2.24) is 4.98 Å². The van der Waals surface area contributed by atoms with E-state index in [-0.39, 0.29) is 16.2 Å². The van der Waals surface area contributed by atoms with Crippen LogP contribution in [0.5, 0.6) is 5.75 Å². The number of fused-ring (bicyclic) bond motifs is 1. The summed E-state index contributed by atoms with van der Waals surface area (Å²) < 4.78 is 5.42. The van der Waals surface area contributed by atoms with Crippen molar-refractivity contribution < 1.29 is 9.53 Å². The largest absolute Gasteiger partial charge is 0.424 e. The minimum absolute atomic E-state index is 0.106. The van der Waals surface area contributed by atoms with E-state index in [0.717, 1.165) is 30.2 Å². The number of esters is 1. The Hall–Kier alpha value is -1.00. The van der Waals surface area contributed by atoms with E-state index in [1.165, 1.54) is 0 Å². The maximum absolute atomic E-state index is 11.9.